The number of fused-ring (bicyclic) bond motifs is 1. The van der Waals surface area contributed by atoms with E-state index in [0.717, 1.165) is 52.3 Å². The molecule has 0 spiro atoms. The van der Waals surface area contributed by atoms with Crippen LogP contribution in [0.5, 0.6) is 0 Å². The van der Waals surface area contributed by atoms with E-state index >= 15 is 0 Å². The van der Waals surface area contributed by atoms with Crippen LogP contribution in [0.3, 0.4) is 0 Å². The summed E-state index contributed by atoms with van der Waals surface area (Å²) < 4.78 is 0. The first-order valence-corrected chi connectivity index (χ1v) is 13.2. The molecule has 3 N–H and O–H groups in total. The quantitative estimate of drug-likeness (QED) is 0.315. The second-order valence-electron chi connectivity index (χ2n) is 10.1. The zero-order valence-corrected chi connectivity index (χ0v) is 22.2. The molecule has 1 aliphatic rings. The zero-order chi connectivity index (χ0) is 26.5. The highest BCUT2D eigenvalue weighted by Gasteiger charge is 2.17. The smallest absolute Gasteiger partial charge is 0.251 e. The van der Waals surface area contributed by atoms with Gasteiger partial charge >= 0.3 is 0 Å². The van der Waals surface area contributed by atoms with E-state index < -0.39 is 0 Å². The standard InChI is InChI=1S/C30H35N7O/c1-20(24-5-4-6-25-26(30(38)31-2)11-14-32-29(24)25)18-33-28-17-27(34-19-35-28)21-7-9-22(10-8-21)36-23-12-15-37(3)16-13-23/h4-11,14,17,19-20,23,36H,12-13,15-16,18H2,1-3H3,(H,31,38)(H,33,34,35)/t20-/m1/s1. The minimum atomic E-state index is -0.112. The molecule has 1 saturated heterocycles. The van der Waals surface area contributed by atoms with Gasteiger partial charge in [0.2, 0.25) is 0 Å². The van der Waals surface area contributed by atoms with Crippen LogP contribution in [-0.4, -0.2) is 65.5 Å². The Bertz CT molecular complexity index is 1400. The molecule has 0 aliphatic carbocycles. The average Bonchev–Trinajstić information content (AvgIpc) is 2.96. The van der Waals surface area contributed by atoms with E-state index in [4.69, 9.17) is 0 Å². The number of hydrogen-bond acceptors (Lipinski definition) is 7. The Morgan fingerprint density at radius 2 is 1.84 bits per heavy atom. The Morgan fingerprint density at radius 1 is 1.05 bits per heavy atom. The van der Waals surface area contributed by atoms with Gasteiger partial charge in [0.15, 0.2) is 0 Å². The predicted molar refractivity (Wildman–Crippen MR) is 154 cm³/mol. The number of nitrogens with zero attached hydrogens (tertiary/aromatic N) is 4. The van der Waals surface area contributed by atoms with Crippen LogP contribution in [0.1, 0.15) is 41.6 Å². The normalized spacial score (nSPS) is 15.2. The summed E-state index contributed by atoms with van der Waals surface area (Å²) >= 11 is 0. The molecule has 1 aliphatic heterocycles. The number of anilines is 2. The Morgan fingerprint density at radius 3 is 2.61 bits per heavy atom. The molecule has 0 bridgehead atoms. The molecular formula is C30H35N7O. The van der Waals surface area contributed by atoms with E-state index in [1.54, 1.807) is 25.6 Å². The Balaban J connectivity index is 1.25. The zero-order valence-electron chi connectivity index (χ0n) is 22.2. The van der Waals surface area contributed by atoms with Crippen molar-refractivity contribution in [3.63, 3.8) is 0 Å². The first-order chi connectivity index (χ1) is 18.5. The maximum Gasteiger partial charge on any atom is 0.251 e. The van der Waals surface area contributed by atoms with Crippen LogP contribution in [0.2, 0.25) is 0 Å². The number of nitrogens with one attached hydrogen (secondary N) is 3. The Hall–Kier alpha value is -4.04. The Kier molecular flexibility index (Phi) is 7.79. The summed E-state index contributed by atoms with van der Waals surface area (Å²) in [4.78, 5) is 28.2. The summed E-state index contributed by atoms with van der Waals surface area (Å²) in [5, 5.41) is 10.7. The molecule has 8 heteroatoms. The number of aromatic nitrogens is 3. The summed E-state index contributed by atoms with van der Waals surface area (Å²) in [5.41, 5.74) is 5.64. The van der Waals surface area contributed by atoms with Gasteiger partial charge in [0, 0.05) is 54.5 Å². The molecule has 196 valence electrons. The maximum atomic E-state index is 12.3. The van der Waals surface area contributed by atoms with Crippen molar-refractivity contribution >= 4 is 28.3 Å². The van der Waals surface area contributed by atoms with Crippen LogP contribution in [0.15, 0.2) is 67.1 Å². The maximum absolute atomic E-state index is 12.3. The molecule has 1 amide bonds. The van der Waals surface area contributed by atoms with Crippen LogP contribution >= 0.6 is 0 Å². The molecule has 1 atom stereocenters. The van der Waals surface area contributed by atoms with E-state index in [-0.39, 0.29) is 11.8 Å². The number of likely N-dealkylation sites (tertiary alicyclic amines) is 1. The van der Waals surface area contributed by atoms with Crippen molar-refractivity contribution in [2.24, 2.45) is 0 Å². The van der Waals surface area contributed by atoms with E-state index in [1.807, 2.05) is 18.2 Å². The molecule has 0 saturated carbocycles. The van der Waals surface area contributed by atoms with Crippen LogP contribution in [0, 0.1) is 0 Å². The van der Waals surface area contributed by atoms with Gasteiger partial charge in [-0.15, -0.1) is 0 Å². The monoisotopic (exact) mass is 509 g/mol. The molecule has 1 fully saturated rings. The van der Waals surface area contributed by atoms with Gasteiger partial charge in [0.1, 0.15) is 12.1 Å². The topological polar surface area (TPSA) is 95.1 Å². The molecule has 0 radical (unpaired) electrons. The lowest BCUT2D eigenvalue weighted by atomic mass is 9.96. The minimum absolute atomic E-state index is 0.112. The van der Waals surface area contributed by atoms with Crippen molar-refractivity contribution in [1.82, 2.24) is 25.2 Å². The number of piperidine rings is 1. The highest BCUT2D eigenvalue weighted by Crippen LogP contribution is 2.27. The van der Waals surface area contributed by atoms with Crippen LogP contribution in [-0.2, 0) is 0 Å². The lowest BCUT2D eigenvalue weighted by Gasteiger charge is -2.30. The van der Waals surface area contributed by atoms with Crippen molar-refractivity contribution in [2.75, 3.05) is 44.4 Å². The predicted octanol–water partition coefficient (Wildman–Crippen LogP) is 4.77. The number of para-hydroxylation sites is 1. The molecule has 3 heterocycles. The molecule has 4 aromatic rings. The number of rotatable bonds is 8. The molecule has 0 unspecified atom stereocenters. The average molecular weight is 510 g/mol. The number of benzene rings is 2. The second kappa shape index (κ2) is 11.6. The lowest BCUT2D eigenvalue weighted by Crippen LogP contribution is -2.36. The number of carbonyl (C=O) groups excluding carboxylic acids is 1. The highest BCUT2D eigenvalue weighted by molar-refractivity contribution is 6.06. The fourth-order valence-corrected chi connectivity index (χ4v) is 5.03. The van der Waals surface area contributed by atoms with Gasteiger partial charge in [0.05, 0.1) is 16.8 Å². The van der Waals surface area contributed by atoms with Crippen LogP contribution in [0.25, 0.3) is 22.2 Å². The van der Waals surface area contributed by atoms with Crippen LogP contribution < -0.4 is 16.0 Å². The van der Waals surface area contributed by atoms with E-state index in [1.165, 1.54) is 12.8 Å². The number of pyridine rings is 1. The second-order valence-corrected chi connectivity index (χ2v) is 10.1. The van der Waals surface area contributed by atoms with Gasteiger partial charge in [0.25, 0.3) is 5.91 Å². The van der Waals surface area contributed by atoms with E-state index in [0.29, 0.717) is 18.2 Å². The van der Waals surface area contributed by atoms with Gasteiger partial charge in [-0.1, -0.05) is 37.3 Å². The van der Waals surface area contributed by atoms with Gasteiger partial charge in [-0.2, -0.15) is 0 Å². The first-order valence-electron chi connectivity index (χ1n) is 13.2. The van der Waals surface area contributed by atoms with Gasteiger partial charge in [-0.25, -0.2) is 9.97 Å². The first kappa shape index (κ1) is 25.6. The van der Waals surface area contributed by atoms with Crippen molar-refractivity contribution in [3.8, 4) is 11.3 Å². The number of hydrogen-bond donors (Lipinski definition) is 3. The largest absolute Gasteiger partial charge is 0.382 e. The molecule has 38 heavy (non-hydrogen) atoms. The summed E-state index contributed by atoms with van der Waals surface area (Å²) in [6.07, 6.45) is 5.63. The molecule has 2 aromatic heterocycles. The third-order valence-corrected chi connectivity index (χ3v) is 7.33. The summed E-state index contributed by atoms with van der Waals surface area (Å²) in [7, 11) is 3.82. The van der Waals surface area contributed by atoms with Gasteiger partial charge in [-0.05, 0) is 56.7 Å². The lowest BCUT2D eigenvalue weighted by molar-refractivity contribution is 0.0964. The molecule has 5 rings (SSSR count). The Labute approximate surface area is 223 Å². The third kappa shape index (κ3) is 5.75. The number of amides is 1. The SMILES string of the molecule is CNC(=O)c1ccnc2c([C@H](C)CNc3cc(-c4ccc(NC5CCN(C)CC5)cc4)ncn3)cccc12. The van der Waals surface area contributed by atoms with Gasteiger partial charge in [-0.3, -0.25) is 9.78 Å². The van der Waals surface area contributed by atoms with Crippen LogP contribution in [0.4, 0.5) is 11.5 Å². The molecular weight excluding hydrogens is 474 g/mol. The minimum Gasteiger partial charge on any atom is -0.382 e. The summed E-state index contributed by atoms with van der Waals surface area (Å²) in [6.45, 7) is 5.09. The van der Waals surface area contributed by atoms with Gasteiger partial charge < -0.3 is 20.9 Å². The number of carbonyl (C=O) groups is 1. The van der Waals surface area contributed by atoms with E-state index in [2.05, 4.69) is 80.1 Å². The highest BCUT2D eigenvalue weighted by atomic mass is 16.1. The van der Waals surface area contributed by atoms with Crippen molar-refractivity contribution < 1.29 is 4.79 Å². The molecule has 8 nitrogen and oxygen atoms in total. The fraction of sp³-hybridized carbons (Fsp3) is 0.333. The van der Waals surface area contributed by atoms with Crippen molar-refractivity contribution in [3.05, 3.63) is 78.2 Å². The van der Waals surface area contributed by atoms with Crippen molar-refractivity contribution in [2.45, 2.75) is 31.7 Å². The van der Waals surface area contributed by atoms with Crippen molar-refractivity contribution in [1.29, 1.82) is 0 Å². The van der Waals surface area contributed by atoms with E-state index in [9.17, 15) is 4.79 Å². The molecule has 2 aromatic carbocycles. The summed E-state index contributed by atoms with van der Waals surface area (Å²) in [5.74, 6) is 0.809. The fourth-order valence-electron chi connectivity index (χ4n) is 5.03. The summed E-state index contributed by atoms with van der Waals surface area (Å²) in [6, 6.07) is 18.7. The third-order valence-electron chi connectivity index (χ3n) is 7.33.